The topological polar surface area (TPSA) is 79.8 Å². The van der Waals surface area contributed by atoms with Crippen molar-refractivity contribution >= 4 is 27.3 Å². The first-order valence-electron chi connectivity index (χ1n) is 8.72. The molecule has 27 heavy (non-hydrogen) atoms. The van der Waals surface area contributed by atoms with Crippen LogP contribution in [0, 0.1) is 6.92 Å². The minimum absolute atomic E-state index is 0.000394. The number of methoxy groups -OCH3 is 1. The van der Waals surface area contributed by atoms with E-state index in [1.807, 2.05) is 12.3 Å². The molecule has 3 rings (SSSR count). The van der Waals surface area contributed by atoms with Gasteiger partial charge >= 0.3 is 5.97 Å². The van der Waals surface area contributed by atoms with E-state index in [2.05, 4.69) is 9.88 Å². The monoisotopic (exact) mass is 409 g/mol. The Balaban J connectivity index is 1.76. The lowest BCUT2D eigenvalue weighted by molar-refractivity contribution is 0.0596. The predicted molar refractivity (Wildman–Crippen MR) is 103 cm³/mol. The number of carbonyl (C=O) groups excluding carboxylic acids is 1. The van der Waals surface area contributed by atoms with Crippen LogP contribution in [0.3, 0.4) is 0 Å². The number of ether oxygens (including phenoxy) is 1. The van der Waals surface area contributed by atoms with E-state index >= 15 is 0 Å². The molecule has 1 fully saturated rings. The van der Waals surface area contributed by atoms with E-state index in [4.69, 9.17) is 4.74 Å². The maximum absolute atomic E-state index is 13.1. The van der Waals surface area contributed by atoms with Crippen LogP contribution in [0.2, 0.25) is 0 Å². The highest BCUT2D eigenvalue weighted by Gasteiger charge is 2.30. The minimum atomic E-state index is -3.77. The smallest absolute Gasteiger partial charge is 0.339 e. The predicted octanol–water partition coefficient (Wildman–Crippen LogP) is 2.13. The number of thiazole rings is 1. The van der Waals surface area contributed by atoms with E-state index in [1.54, 1.807) is 23.5 Å². The Bertz CT molecular complexity index is 911. The average molecular weight is 410 g/mol. The molecule has 1 aliphatic rings. The summed E-state index contributed by atoms with van der Waals surface area (Å²) in [6.45, 7) is 4.92. The Morgan fingerprint density at radius 3 is 2.70 bits per heavy atom. The van der Waals surface area contributed by atoms with Gasteiger partial charge in [0.15, 0.2) is 0 Å². The number of aromatic nitrogens is 1. The molecule has 146 valence electrons. The fourth-order valence-electron chi connectivity index (χ4n) is 3.16. The van der Waals surface area contributed by atoms with Crippen LogP contribution < -0.4 is 0 Å². The molecule has 0 unspecified atom stereocenters. The molecule has 1 saturated heterocycles. The fraction of sp³-hybridized carbons (Fsp3) is 0.444. The molecule has 2 aromatic rings. The number of hydrogen-bond donors (Lipinski definition) is 0. The van der Waals surface area contributed by atoms with Gasteiger partial charge in [-0.1, -0.05) is 12.1 Å². The molecule has 0 amide bonds. The molecule has 0 radical (unpaired) electrons. The van der Waals surface area contributed by atoms with Crippen LogP contribution in [-0.4, -0.2) is 61.9 Å². The van der Waals surface area contributed by atoms with Crippen molar-refractivity contribution in [3.8, 4) is 0 Å². The number of sulfonamides is 1. The average Bonchev–Trinajstić information content (AvgIpc) is 2.92. The molecule has 1 aliphatic heterocycles. The molecule has 7 nitrogen and oxygen atoms in total. The van der Waals surface area contributed by atoms with E-state index in [9.17, 15) is 13.2 Å². The number of hydrogen-bond acceptors (Lipinski definition) is 7. The van der Waals surface area contributed by atoms with Crippen LogP contribution in [0.5, 0.6) is 0 Å². The molecular weight excluding hydrogens is 386 g/mol. The van der Waals surface area contributed by atoms with Gasteiger partial charge < -0.3 is 4.74 Å². The van der Waals surface area contributed by atoms with Gasteiger partial charge in [-0.25, -0.2) is 18.2 Å². The standard InChI is InChI=1S/C18H23N3O4S2/c1-14-19-15(13-26-14)12-20-8-5-9-21(11-10-20)27(23,24)17-7-4-3-6-16(17)18(22)25-2/h3-4,6-7,13H,5,8-12H2,1-2H3. The second kappa shape index (κ2) is 8.47. The quantitative estimate of drug-likeness (QED) is 0.704. The van der Waals surface area contributed by atoms with Gasteiger partial charge in [-0.15, -0.1) is 11.3 Å². The molecule has 0 N–H and O–H groups in total. The summed E-state index contributed by atoms with van der Waals surface area (Å²) in [5.74, 6) is -0.649. The third kappa shape index (κ3) is 4.55. The number of carbonyl (C=O) groups is 1. The van der Waals surface area contributed by atoms with Crippen LogP contribution >= 0.6 is 11.3 Å². The Hall–Kier alpha value is -1.81. The zero-order chi connectivity index (χ0) is 19.4. The Kier molecular flexibility index (Phi) is 6.25. The molecule has 0 spiro atoms. The van der Waals surface area contributed by atoms with E-state index in [-0.39, 0.29) is 10.5 Å². The van der Waals surface area contributed by atoms with Gasteiger partial charge in [0.2, 0.25) is 10.0 Å². The molecule has 0 aliphatic carbocycles. The van der Waals surface area contributed by atoms with Gasteiger partial charge in [0.05, 0.1) is 28.3 Å². The van der Waals surface area contributed by atoms with Crippen molar-refractivity contribution in [2.24, 2.45) is 0 Å². The highest BCUT2D eigenvalue weighted by atomic mass is 32.2. The lowest BCUT2D eigenvalue weighted by Crippen LogP contribution is -2.35. The summed E-state index contributed by atoms with van der Waals surface area (Å²) in [5, 5.41) is 3.07. The van der Waals surface area contributed by atoms with E-state index in [1.165, 1.54) is 23.5 Å². The SMILES string of the molecule is COC(=O)c1ccccc1S(=O)(=O)N1CCCN(Cc2csc(C)n2)CC1. The van der Waals surface area contributed by atoms with Gasteiger partial charge in [-0.05, 0) is 32.0 Å². The van der Waals surface area contributed by atoms with Crippen LogP contribution in [0.4, 0.5) is 0 Å². The molecule has 9 heteroatoms. The first-order chi connectivity index (χ1) is 12.9. The maximum atomic E-state index is 13.1. The Morgan fingerprint density at radius 2 is 2.00 bits per heavy atom. The Morgan fingerprint density at radius 1 is 1.22 bits per heavy atom. The van der Waals surface area contributed by atoms with Crippen LogP contribution in [0.25, 0.3) is 0 Å². The number of aryl methyl sites for hydroxylation is 1. The zero-order valence-corrected chi connectivity index (χ0v) is 17.1. The molecule has 2 heterocycles. The molecular formula is C18H23N3O4S2. The van der Waals surface area contributed by atoms with Crippen LogP contribution in [0.1, 0.15) is 27.5 Å². The van der Waals surface area contributed by atoms with Gasteiger partial charge in [0.1, 0.15) is 0 Å². The van der Waals surface area contributed by atoms with Crippen molar-refractivity contribution in [1.29, 1.82) is 0 Å². The number of rotatable bonds is 5. The van der Waals surface area contributed by atoms with Crippen molar-refractivity contribution in [3.63, 3.8) is 0 Å². The van der Waals surface area contributed by atoms with Gasteiger partial charge in [0.25, 0.3) is 0 Å². The molecule has 1 aromatic carbocycles. The molecule has 1 aromatic heterocycles. The van der Waals surface area contributed by atoms with Crippen molar-refractivity contribution in [3.05, 3.63) is 45.9 Å². The van der Waals surface area contributed by atoms with Gasteiger partial charge in [-0.2, -0.15) is 4.31 Å². The molecule has 0 bridgehead atoms. The number of esters is 1. The minimum Gasteiger partial charge on any atom is -0.465 e. The van der Waals surface area contributed by atoms with Gasteiger partial charge in [0, 0.05) is 31.6 Å². The number of benzene rings is 1. The van der Waals surface area contributed by atoms with Crippen molar-refractivity contribution in [2.45, 2.75) is 24.8 Å². The van der Waals surface area contributed by atoms with Gasteiger partial charge in [-0.3, -0.25) is 4.90 Å². The first-order valence-corrected chi connectivity index (χ1v) is 11.0. The number of nitrogens with zero attached hydrogens (tertiary/aromatic N) is 3. The van der Waals surface area contributed by atoms with E-state index in [0.29, 0.717) is 19.6 Å². The van der Waals surface area contributed by atoms with E-state index < -0.39 is 16.0 Å². The lowest BCUT2D eigenvalue weighted by Gasteiger charge is -2.22. The fourth-order valence-corrected chi connectivity index (χ4v) is 5.42. The molecule has 0 saturated carbocycles. The lowest BCUT2D eigenvalue weighted by atomic mass is 10.2. The molecule has 0 atom stereocenters. The summed E-state index contributed by atoms with van der Waals surface area (Å²) < 4.78 is 32.5. The highest BCUT2D eigenvalue weighted by Crippen LogP contribution is 2.23. The second-order valence-corrected chi connectivity index (χ2v) is 9.35. The van der Waals surface area contributed by atoms with Crippen molar-refractivity contribution in [1.82, 2.24) is 14.2 Å². The maximum Gasteiger partial charge on any atom is 0.339 e. The van der Waals surface area contributed by atoms with Crippen molar-refractivity contribution in [2.75, 3.05) is 33.3 Å². The summed E-state index contributed by atoms with van der Waals surface area (Å²) in [4.78, 5) is 18.7. The third-order valence-electron chi connectivity index (χ3n) is 4.51. The zero-order valence-electron chi connectivity index (χ0n) is 15.4. The van der Waals surface area contributed by atoms with Crippen LogP contribution in [-0.2, 0) is 21.3 Å². The first kappa shape index (κ1) is 19.9. The van der Waals surface area contributed by atoms with E-state index in [0.717, 1.165) is 30.2 Å². The summed E-state index contributed by atoms with van der Waals surface area (Å²) >= 11 is 1.62. The third-order valence-corrected chi connectivity index (χ3v) is 7.29. The summed E-state index contributed by atoms with van der Waals surface area (Å²) in [5.41, 5.74) is 1.09. The van der Waals surface area contributed by atoms with Crippen molar-refractivity contribution < 1.29 is 17.9 Å². The summed E-state index contributed by atoms with van der Waals surface area (Å²) in [7, 11) is -2.53. The second-order valence-electron chi connectivity index (χ2n) is 6.38. The largest absolute Gasteiger partial charge is 0.465 e. The normalized spacial score (nSPS) is 16.8. The summed E-state index contributed by atoms with van der Waals surface area (Å²) in [6, 6.07) is 6.19. The summed E-state index contributed by atoms with van der Waals surface area (Å²) in [6.07, 6.45) is 0.725. The van der Waals surface area contributed by atoms with Crippen LogP contribution in [0.15, 0.2) is 34.5 Å². The Labute approximate surface area is 163 Å². The highest BCUT2D eigenvalue weighted by molar-refractivity contribution is 7.89.